The molecule has 2 aliphatic carbocycles. The summed E-state index contributed by atoms with van der Waals surface area (Å²) in [5.74, 6) is -5.16. The van der Waals surface area contributed by atoms with E-state index in [1.54, 1.807) is 16.9 Å². The number of nitriles is 4. The summed E-state index contributed by atoms with van der Waals surface area (Å²) in [6.45, 7) is 10.1. The number of thiophene rings is 5. The number of allylic oxidation sites excluding steroid dienone is 6. The van der Waals surface area contributed by atoms with Crippen molar-refractivity contribution in [3.63, 3.8) is 0 Å². The van der Waals surface area contributed by atoms with Gasteiger partial charge in [-0.25, -0.2) is 27.5 Å². The van der Waals surface area contributed by atoms with E-state index in [2.05, 4.69) is 6.07 Å². The van der Waals surface area contributed by atoms with Crippen molar-refractivity contribution >= 4 is 134 Å². The van der Waals surface area contributed by atoms with Gasteiger partial charge in [0.2, 0.25) is 0 Å². The van der Waals surface area contributed by atoms with Crippen LogP contribution in [0.25, 0.3) is 106 Å². The van der Waals surface area contributed by atoms with Crippen molar-refractivity contribution in [3.05, 3.63) is 161 Å². The molecule has 414 valence electrons. The predicted molar refractivity (Wildman–Crippen MR) is 323 cm³/mol. The fourth-order valence-corrected chi connectivity index (χ4v) is 17.9. The summed E-state index contributed by atoms with van der Waals surface area (Å²) >= 11 is 7.14. The number of carbonyl (C=O) groups excluding carboxylic acids is 2. The number of rotatable bonds is 5. The molecule has 7 aromatic heterocycles. The highest BCUT2D eigenvalue weighted by Crippen LogP contribution is 2.59. The highest BCUT2D eigenvalue weighted by Gasteiger charge is 2.42. The minimum Gasteiger partial charge on any atom is -0.482 e. The predicted octanol–water partition coefficient (Wildman–Crippen LogP) is 16.6. The molecule has 0 atom stereocenters. The van der Waals surface area contributed by atoms with Crippen molar-refractivity contribution in [3.8, 4) is 76.2 Å². The van der Waals surface area contributed by atoms with Gasteiger partial charge >= 0.3 is 0 Å². The van der Waals surface area contributed by atoms with Gasteiger partial charge in [-0.15, -0.1) is 56.7 Å². The number of aryl methyl sites for hydroxylation is 1. The molecule has 86 heavy (non-hydrogen) atoms. The maximum absolute atomic E-state index is 14.7. The van der Waals surface area contributed by atoms with Crippen LogP contribution < -0.4 is 9.47 Å². The molecule has 0 fully saturated rings. The van der Waals surface area contributed by atoms with Gasteiger partial charge in [0.25, 0.3) is 0 Å². The van der Waals surface area contributed by atoms with Gasteiger partial charge in [-0.1, -0.05) is 18.2 Å². The molecular formula is C64H31F4N9O4S5. The molecule has 0 N–H and O–H groups in total. The number of halogens is 4. The normalized spacial score (nSPS) is 15.9. The Labute approximate surface area is 503 Å². The van der Waals surface area contributed by atoms with Crippen LogP contribution in [0.2, 0.25) is 0 Å². The quantitative estimate of drug-likeness (QED) is 0.0897. The van der Waals surface area contributed by atoms with Gasteiger partial charge in [-0.2, -0.15) is 36.0 Å². The first kappa shape index (κ1) is 53.0. The van der Waals surface area contributed by atoms with Crippen LogP contribution in [0, 0.1) is 68.6 Å². The molecule has 13 nitrogen and oxygen atoms in total. The maximum Gasteiger partial charge on any atom is 0.194 e. The summed E-state index contributed by atoms with van der Waals surface area (Å²) in [5, 5.41) is 51.3. The highest BCUT2D eigenvalue weighted by atomic mass is 32.1. The van der Waals surface area contributed by atoms with E-state index in [0.29, 0.717) is 71.3 Å². The second-order valence-electron chi connectivity index (χ2n) is 21.5. The van der Waals surface area contributed by atoms with Crippen LogP contribution in [0.3, 0.4) is 0 Å². The zero-order valence-electron chi connectivity index (χ0n) is 45.0. The molecule has 0 bridgehead atoms. The lowest BCUT2D eigenvalue weighted by atomic mass is 9.94. The van der Waals surface area contributed by atoms with Crippen molar-refractivity contribution in [2.24, 2.45) is 0 Å². The van der Waals surface area contributed by atoms with Crippen molar-refractivity contribution in [2.45, 2.75) is 52.4 Å². The van der Waals surface area contributed by atoms with Gasteiger partial charge in [0.05, 0.1) is 26.1 Å². The number of ether oxygens (including phenoxy) is 2. The first-order valence-corrected chi connectivity index (χ1v) is 30.4. The van der Waals surface area contributed by atoms with Gasteiger partial charge in [-0.3, -0.25) is 9.59 Å². The molecule has 4 aromatic carbocycles. The van der Waals surface area contributed by atoms with Crippen molar-refractivity contribution in [2.75, 3.05) is 0 Å². The van der Waals surface area contributed by atoms with Gasteiger partial charge in [0.1, 0.15) is 90.5 Å². The number of benzene rings is 4. The lowest BCUT2D eigenvalue weighted by Gasteiger charge is -2.31. The van der Waals surface area contributed by atoms with E-state index in [9.17, 15) is 48.2 Å². The Morgan fingerprint density at radius 2 is 1.02 bits per heavy atom. The molecule has 0 radical (unpaired) electrons. The number of fused-ring (bicyclic) bond motifs is 13. The van der Waals surface area contributed by atoms with Gasteiger partial charge in [0.15, 0.2) is 34.8 Å². The summed E-state index contributed by atoms with van der Waals surface area (Å²) in [6, 6.07) is 26.2. The first-order valence-electron chi connectivity index (χ1n) is 26.3. The van der Waals surface area contributed by atoms with Gasteiger partial charge in [0, 0.05) is 85.3 Å². The molecule has 0 amide bonds. The third kappa shape index (κ3) is 7.57. The number of hydrogen-bond donors (Lipinski definition) is 0. The van der Waals surface area contributed by atoms with Crippen LogP contribution in [0.1, 0.15) is 87.3 Å². The average Bonchev–Trinajstić information content (AvgIpc) is 1.53. The number of ketones is 2. The molecule has 0 saturated heterocycles. The topological polar surface area (TPSA) is 204 Å². The van der Waals surface area contributed by atoms with Crippen LogP contribution >= 0.6 is 56.7 Å². The summed E-state index contributed by atoms with van der Waals surface area (Å²) in [4.78, 5) is 47.2. The van der Waals surface area contributed by atoms with Gasteiger partial charge < -0.3 is 9.47 Å². The third-order valence-corrected chi connectivity index (χ3v) is 21.4. The molecule has 11 aromatic rings. The van der Waals surface area contributed by atoms with E-state index in [4.69, 9.17) is 29.6 Å². The van der Waals surface area contributed by atoms with Crippen molar-refractivity contribution < 1.29 is 36.6 Å². The van der Waals surface area contributed by atoms with Crippen LogP contribution in [0.5, 0.6) is 11.5 Å². The van der Waals surface area contributed by atoms with Crippen LogP contribution in [0.4, 0.5) is 17.6 Å². The maximum atomic E-state index is 14.7. The minimum atomic E-state index is -1.24. The van der Waals surface area contributed by atoms with E-state index in [0.717, 1.165) is 74.7 Å². The molecule has 0 spiro atoms. The Morgan fingerprint density at radius 1 is 0.558 bits per heavy atom. The average molecular weight is 1230 g/mol. The highest BCUT2D eigenvalue weighted by molar-refractivity contribution is 7.26. The Morgan fingerprint density at radius 3 is 1.59 bits per heavy atom. The summed E-state index contributed by atoms with van der Waals surface area (Å²) in [6.07, 6.45) is 3.07. The number of hydrogen-bond acceptors (Lipinski definition) is 17. The van der Waals surface area contributed by atoms with E-state index >= 15 is 0 Å². The van der Waals surface area contributed by atoms with Crippen molar-refractivity contribution in [1.29, 1.82) is 21.0 Å². The number of aromatic nitrogens is 5. The zero-order chi connectivity index (χ0) is 59.7. The fraction of sp³-hybridized carbons (Fsp3) is 0.125. The third-order valence-electron chi connectivity index (χ3n) is 15.6. The number of nitrogens with zero attached hydrogens (tertiary/aromatic N) is 9. The molecule has 9 heterocycles. The fourth-order valence-electron chi connectivity index (χ4n) is 11.8. The molecule has 2 aliphatic heterocycles. The Kier molecular flexibility index (Phi) is 11.5. The lowest BCUT2D eigenvalue weighted by molar-refractivity contribution is 0.103. The lowest BCUT2D eigenvalue weighted by Crippen LogP contribution is -2.27. The molecular weight excluding hydrogens is 1200 g/mol. The number of carbonyl (C=O) groups is 2. The molecule has 0 saturated carbocycles. The van der Waals surface area contributed by atoms with E-state index in [-0.39, 0.29) is 44.5 Å². The van der Waals surface area contributed by atoms with E-state index < -0.39 is 57.2 Å². The minimum absolute atomic E-state index is 0.0413. The van der Waals surface area contributed by atoms with Gasteiger partial charge in [-0.05, 0) is 112 Å². The molecule has 0 unspecified atom stereocenters. The molecule has 22 heteroatoms. The summed E-state index contributed by atoms with van der Waals surface area (Å²) < 4.78 is 73.2. The second-order valence-corrected chi connectivity index (χ2v) is 26.8. The van der Waals surface area contributed by atoms with Crippen molar-refractivity contribution in [1.82, 2.24) is 25.0 Å². The second kappa shape index (κ2) is 18.6. The van der Waals surface area contributed by atoms with E-state index in [1.165, 1.54) is 62.8 Å². The first-order chi connectivity index (χ1) is 41.3. The van der Waals surface area contributed by atoms with Crippen LogP contribution in [-0.4, -0.2) is 36.5 Å². The standard InChI is InChI=1S/C64H31F4N9O4S5/c1-6-77-75-54-49(45-19-37-59(84-45)60-42(80-64(37,4)5)14-28(83-60)12-35-48(26(23-71)24-72)31-16-39(66)41(68)18-33(31)57(35)79)53-52(73-51-29-9-7-8-10-44(29)86-62(51)74-53)50(55(54)76-77)46-20-43-61(85-46)58-36(63(2,3)81-43)13-27(82-58)11-34-47(25(21-69)22-70)30-15-38(65)40(67)17-32(30)56(34)78/h7-20H,6H2,1-5H3/b34-11-,35-12-. The molecule has 4 aliphatic rings. The Bertz CT molecular complexity index is 5370. The molecule has 15 rings (SSSR count). The van der Waals surface area contributed by atoms with E-state index in [1.807, 2.05) is 95.3 Å². The smallest absolute Gasteiger partial charge is 0.194 e. The summed E-state index contributed by atoms with van der Waals surface area (Å²) in [7, 11) is 0. The largest absolute Gasteiger partial charge is 0.482 e. The monoisotopic (exact) mass is 1230 g/mol. The van der Waals surface area contributed by atoms with Crippen LogP contribution in [-0.2, 0) is 17.7 Å². The SMILES string of the molecule is CCn1nc2c(-c3cc4c(s3)-c3sc(/C=C5\C(=O)c6cc(F)c(F)cc6C5=C(C#N)C#N)cc3C(C)(C)O4)c3nc4c(nc3c(-c3cc5c(s3)-c3sc(/C=C6\C(=O)c7cc(F)c(F)cc7C6=C(C#N)C#N)cc3OC5(C)C)c2n1)sc1ccccc14. The number of Topliss-reactive ketones (excluding diaryl/α,β-unsaturated/α-hetero) is 2. The van der Waals surface area contributed by atoms with Crippen LogP contribution in [0.15, 0.2) is 95.1 Å². The zero-order valence-corrected chi connectivity index (χ0v) is 49.1. The summed E-state index contributed by atoms with van der Waals surface area (Å²) in [5.41, 5.74) is 2.52. The Hall–Kier alpha value is -9.78. The Balaban J connectivity index is 0.910.